The molecule has 1 aliphatic rings. The van der Waals surface area contributed by atoms with Crippen molar-refractivity contribution in [2.24, 2.45) is 0 Å². The monoisotopic (exact) mass is 463 g/mol. The van der Waals surface area contributed by atoms with Crippen molar-refractivity contribution in [3.8, 4) is 6.07 Å². The number of allylic oxidation sites excluding steroid dienone is 2. The minimum atomic E-state index is -0.977. The summed E-state index contributed by atoms with van der Waals surface area (Å²) in [6.45, 7) is 5.16. The molecule has 1 amide bonds. The maximum Gasteiger partial charge on any atom is 0.337 e. The lowest BCUT2D eigenvalue weighted by atomic mass is 9.82. The van der Waals surface area contributed by atoms with Crippen LogP contribution in [0, 0.1) is 17.1 Å². The molecule has 33 heavy (non-hydrogen) atoms. The SMILES string of the molecule is C=CCOC(=O)C1=C(C)NC(SCC(=O)Nc2ccccc2)=C(C#N)[C@H]1c1ccccc1F. The number of halogens is 1. The Balaban J connectivity index is 1.93. The number of ether oxygens (including phenoxy) is 1. The van der Waals surface area contributed by atoms with Gasteiger partial charge in [-0.2, -0.15) is 5.26 Å². The lowest BCUT2D eigenvalue weighted by Crippen LogP contribution is -2.30. The van der Waals surface area contributed by atoms with Gasteiger partial charge in [-0.1, -0.05) is 60.8 Å². The van der Waals surface area contributed by atoms with Crippen molar-refractivity contribution in [2.45, 2.75) is 12.8 Å². The standard InChI is InChI=1S/C25H22FN3O3S/c1-3-13-32-25(31)22-16(2)28-24(33-15-21(30)29-17-9-5-4-6-10-17)19(14-27)23(22)18-11-7-8-12-20(18)26/h3-12,23,28H,1,13,15H2,2H3,(H,29,30)/t23-/m1/s1. The van der Waals surface area contributed by atoms with Gasteiger partial charge < -0.3 is 15.4 Å². The summed E-state index contributed by atoms with van der Waals surface area (Å²) < 4.78 is 20.0. The van der Waals surface area contributed by atoms with Gasteiger partial charge in [0.1, 0.15) is 12.4 Å². The molecule has 0 saturated carbocycles. The first-order valence-electron chi connectivity index (χ1n) is 10.1. The van der Waals surface area contributed by atoms with Gasteiger partial charge in [-0.3, -0.25) is 4.79 Å². The Morgan fingerprint density at radius 1 is 1.24 bits per heavy atom. The summed E-state index contributed by atoms with van der Waals surface area (Å²) in [7, 11) is 0. The van der Waals surface area contributed by atoms with Crippen molar-refractivity contribution in [2.75, 3.05) is 17.7 Å². The van der Waals surface area contributed by atoms with E-state index in [1.165, 1.54) is 24.3 Å². The highest BCUT2D eigenvalue weighted by Gasteiger charge is 2.37. The van der Waals surface area contributed by atoms with E-state index in [0.29, 0.717) is 16.4 Å². The third kappa shape index (κ3) is 5.70. The van der Waals surface area contributed by atoms with Gasteiger partial charge in [0.2, 0.25) is 5.91 Å². The second-order valence-corrected chi connectivity index (χ2v) is 8.05. The summed E-state index contributed by atoms with van der Waals surface area (Å²) >= 11 is 1.11. The summed E-state index contributed by atoms with van der Waals surface area (Å²) in [5, 5.41) is 16.2. The fraction of sp³-hybridized carbons (Fsp3) is 0.160. The maximum absolute atomic E-state index is 14.8. The second kappa shape index (κ2) is 11.2. The number of carbonyl (C=O) groups is 2. The van der Waals surface area contributed by atoms with Gasteiger partial charge in [0.25, 0.3) is 0 Å². The van der Waals surface area contributed by atoms with E-state index in [9.17, 15) is 19.2 Å². The third-order valence-electron chi connectivity index (χ3n) is 4.82. The van der Waals surface area contributed by atoms with Crippen molar-refractivity contribution in [3.05, 3.63) is 101 Å². The Morgan fingerprint density at radius 2 is 1.94 bits per heavy atom. The number of nitrogens with zero attached hydrogens (tertiary/aromatic N) is 1. The Morgan fingerprint density at radius 3 is 2.61 bits per heavy atom. The van der Waals surface area contributed by atoms with E-state index in [1.807, 2.05) is 18.2 Å². The number of thioether (sulfide) groups is 1. The fourth-order valence-electron chi connectivity index (χ4n) is 3.39. The number of carbonyl (C=O) groups excluding carboxylic acids is 2. The van der Waals surface area contributed by atoms with Gasteiger partial charge in [0.05, 0.1) is 33.9 Å². The zero-order chi connectivity index (χ0) is 23.8. The van der Waals surface area contributed by atoms with Gasteiger partial charge in [-0.15, -0.1) is 0 Å². The maximum atomic E-state index is 14.8. The van der Waals surface area contributed by atoms with Crippen molar-refractivity contribution in [1.82, 2.24) is 5.32 Å². The predicted octanol–water partition coefficient (Wildman–Crippen LogP) is 4.62. The van der Waals surface area contributed by atoms with E-state index < -0.39 is 17.7 Å². The lowest BCUT2D eigenvalue weighted by Gasteiger charge is -2.29. The van der Waals surface area contributed by atoms with Crippen LogP contribution >= 0.6 is 11.8 Å². The zero-order valence-corrected chi connectivity index (χ0v) is 18.7. The van der Waals surface area contributed by atoms with Crippen LogP contribution in [-0.2, 0) is 14.3 Å². The molecular weight excluding hydrogens is 441 g/mol. The van der Waals surface area contributed by atoms with Crippen LogP contribution in [0.2, 0.25) is 0 Å². The van der Waals surface area contributed by atoms with Crippen LogP contribution < -0.4 is 10.6 Å². The topological polar surface area (TPSA) is 91.2 Å². The quantitative estimate of drug-likeness (QED) is 0.438. The molecule has 0 aromatic heterocycles. The number of nitrogens with one attached hydrogen (secondary N) is 2. The average Bonchev–Trinajstić information content (AvgIpc) is 2.81. The molecule has 0 bridgehead atoms. The van der Waals surface area contributed by atoms with E-state index in [1.54, 1.807) is 25.1 Å². The summed E-state index contributed by atoms with van der Waals surface area (Å²) in [5.41, 5.74) is 1.52. The van der Waals surface area contributed by atoms with Crippen LogP contribution in [0.4, 0.5) is 10.1 Å². The lowest BCUT2D eigenvalue weighted by molar-refractivity contribution is -0.138. The normalized spacial score (nSPS) is 15.4. The van der Waals surface area contributed by atoms with Crippen LogP contribution in [-0.4, -0.2) is 24.2 Å². The molecule has 168 valence electrons. The zero-order valence-electron chi connectivity index (χ0n) is 17.9. The van der Waals surface area contributed by atoms with Crippen LogP contribution in [0.1, 0.15) is 18.4 Å². The van der Waals surface area contributed by atoms with Crippen LogP contribution in [0.25, 0.3) is 0 Å². The first-order valence-corrected chi connectivity index (χ1v) is 11.1. The predicted molar refractivity (Wildman–Crippen MR) is 126 cm³/mol. The van der Waals surface area contributed by atoms with E-state index >= 15 is 0 Å². The second-order valence-electron chi connectivity index (χ2n) is 7.06. The Bertz CT molecular complexity index is 1170. The summed E-state index contributed by atoms with van der Waals surface area (Å²) in [6, 6.07) is 17.1. The third-order valence-corrected chi connectivity index (χ3v) is 5.84. The molecule has 0 radical (unpaired) electrons. The van der Waals surface area contributed by atoms with Crippen LogP contribution in [0.3, 0.4) is 0 Å². The highest BCUT2D eigenvalue weighted by molar-refractivity contribution is 8.03. The van der Waals surface area contributed by atoms with Gasteiger partial charge >= 0.3 is 5.97 Å². The number of benzene rings is 2. The highest BCUT2D eigenvalue weighted by atomic mass is 32.2. The molecule has 1 atom stereocenters. The van der Waals surface area contributed by atoms with Crippen molar-refractivity contribution in [1.29, 1.82) is 5.26 Å². The number of esters is 1. The molecule has 0 fully saturated rings. The summed E-state index contributed by atoms with van der Waals surface area (Å²) in [4.78, 5) is 25.2. The van der Waals surface area contributed by atoms with Crippen molar-refractivity contribution >= 4 is 29.3 Å². The van der Waals surface area contributed by atoms with Crippen LogP contribution in [0.15, 0.2) is 89.1 Å². The highest BCUT2D eigenvalue weighted by Crippen LogP contribution is 2.41. The molecule has 1 heterocycles. The minimum absolute atomic E-state index is 0.00984. The number of rotatable bonds is 8. The molecule has 0 saturated heterocycles. The molecule has 1 aliphatic heterocycles. The first-order chi connectivity index (χ1) is 16.0. The fourth-order valence-corrected chi connectivity index (χ4v) is 4.28. The molecule has 2 N–H and O–H groups in total. The van der Waals surface area contributed by atoms with E-state index in [0.717, 1.165) is 11.8 Å². The number of hydrogen-bond acceptors (Lipinski definition) is 6. The van der Waals surface area contributed by atoms with Gasteiger partial charge in [0.15, 0.2) is 0 Å². The molecule has 6 nitrogen and oxygen atoms in total. The Kier molecular flexibility index (Phi) is 8.06. The molecule has 0 unspecified atom stereocenters. The molecule has 3 rings (SSSR count). The molecule has 0 aliphatic carbocycles. The largest absolute Gasteiger partial charge is 0.458 e. The Labute approximate surface area is 195 Å². The number of dihydropyridines is 1. The summed E-state index contributed by atoms with van der Waals surface area (Å²) in [5.74, 6) is -2.46. The van der Waals surface area contributed by atoms with Gasteiger partial charge in [-0.25, -0.2) is 9.18 Å². The van der Waals surface area contributed by atoms with Crippen molar-refractivity contribution < 1.29 is 18.7 Å². The smallest absolute Gasteiger partial charge is 0.337 e. The first kappa shape index (κ1) is 23.8. The minimum Gasteiger partial charge on any atom is -0.458 e. The number of para-hydroxylation sites is 1. The van der Waals surface area contributed by atoms with Gasteiger partial charge in [-0.05, 0) is 25.1 Å². The molecular formula is C25H22FN3O3S. The average molecular weight is 464 g/mol. The van der Waals surface area contributed by atoms with Gasteiger partial charge in [0, 0.05) is 16.9 Å². The Hall–Kier alpha value is -3.83. The molecule has 0 spiro atoms. The van der Waals surface area contributed by atoms with E-state index in [2.05, 4.69) is 23.3 Å². The van der Waals surface area contributed by atoms with E-state index in [4.69, 9.17) is 4.74 Å². The van der Waals surface area contributed by atoms with Crippen molar-refractivity contribution in [3.63, 3.8) is 0 Å². The number of hydrogen-bond donors (Lipinski definition) is 2. The summed E-state index contributed by atoms with van der Waals surface area (Å²) in [6.07, 6.45) is 1.43. The number of nitriles is 1. The number of amides is 1. The molecule has 8 heteroatoms. The van der Waals surface area contributed by atoms with E-state index in [-0.39, 0.29) is 35.0 Å². The molecule has 2 aromatic rings. The number of anilines is 1. The molecule has 2 aromatic carbocycles. The van der Waals surface area contributed by atoms with Crippen LogP contribution in [0.5, 0.6) is 0 Å².